The minimum absolute atomic E-state index is 0.853. The molecule has 0 fully saturated rings. The number of pyridine rings is 2. The summed E-state index contributed by atoms with van der Waals surface area (Å²) >= 11 is 0. The molecule has 4 heteroatoms. The first-order chi connectivity index (χ1) is 21.8. The van der Waals surface area contributed by atoms with Gasteiger partial charge >= 0.3 is 0 Å². The van der Waals surface area contributed by atoms with E-state index in [4.69, 9.17) is 14.4 Å². The summed E-state index contributed by atoms with van der Waals surface area (Å²) in [6, 6.07) is 44.8. The monoisotopic (exact) mass is 561 g/mol. The van der Waals surface area contributed by atoms with Crippen LogP contribution in [0.25, 0.3) is 93.3 Å². The average molecular weight is 562 g/mol. The predicted molar refractivity (Wildman–Crippen MR) is 181 cm³/mol. The summed E-state index contributed by atoms with van der Waals surface area (Å²) < 4.78 is 8.45. The number of fused-ring (bicyclic) bond motifs is 12. The van der Waals surface area contributed by atoms with Gasteiger partial charge in [0.05, 0.1) is 22.9 Å². The highest BCUT2D eigenvalue weighted by Gasteiger charge is 2.17. The molecule has 0 unspecified atom stereocenters. The molecule has 0 aliphatic carbocycles. The molecule has 4 nitrogen and oxygen atoms in total. The lowest BCUT2D eigenvalue weighted by atomic mass is 9.96. The van der Waals surface area contributed by atoms with Crippen LogP contribution in [0.5, 0.6) is 0 Å². The Morgan fingerprint density at radius 3 is 2.18 bits per heavy atom. The van der Waals surface area contributed by atoms with Crippen LogP contribution in [0, 0.1) is 0 Å². The molecule has 0 aliphatic heterocycles. The van der Waals surface area contributed by atoms with Crippen molar-refractivity contribution in [1.29, 1.82) is 0 Å². The zero-order chi connectivity index (χ0) is 28.8. The molecule has 0 saturated carbocycles. The fraction of sp³-hybridized carbons (Fsp3) is 0. The number of benzene rings is 6. The van der Waals surface area contributed by atoms with E-state index in [1.54, 1.807) is 0 Å². The number of imidazole rings is 1. The van der Waals surface area contributed by atoms with Crippen LogP contribution in [-0.2, 0) is 0 Å². The molecule has 0 radical (unpaired) electrons. The number of furan rings is 1. The Labute approximate surface area is 251 Å². The van der Waals surface area contributed by atoms with E-state index in [1.807, 2.05) is 24.4 Å². The molecule has 0 aliphatic rings. The van der Waals surface area contributed by atoms with Gasteiger partial charge in [0.15, 0.2) is 5.58 Å². The Kier molecular flexibility index (Phi) is 4.69. The molecule has 4 aromatic heterocycles. The van der Waals surface area contributed by atoms with E-state index in [9.17, 15) is 0 Å². The Hall–Kier alpha value is -6.00. The molecule has 0 saturated heterocycles. The summed E-state index contributed by atoms with van der Waals surface area (Å²) in [6.07, 6.45) is 4.08. The summed E-state index contributed by atoms with van der Waals surface area (Å²) in [4.78, 5) is 10.1. The minimum atomic E-state index is 0.853. The third-order valence-electron chi connectivity index (χ3n) is 9.03. The number of rotatable bonds is 2. The largest absolute Gasteiger partial charge is 0.455 e. The second-order valence-corrected chi connectivity index (χ2v) is 11.5. The molecule has 10 rings (SSSR count). The van der Waals surface area contributed by atoms with Gasteiger partial charge in [-0.25, -0.2) is 4.98 Å². The highest BCUT2D eigenvalue weighted by atomic mass is 16.3. The number of hydrogen-bond acceptors (Lipinski definition) is 3. The molecule has 0 spiro atoms. The van der Waals surface area contributed by atoms with Crippen LogP contribution in [0.1, 0.15) is 0 Å². The van der Waals surface area contributed by atoms with E-state index in [0.717, 1.165) is 66.2 Å². The lowest BCUT2D eigenvalue weighted by Gasteiger charge is -2.10. The van der Waals surface area contributed by atoms with Gasteiger partial charge in [0.2, 0.25) is 0 Å². The summed E-state index contributed by atoms with van der Waals surface area (Å²) in [5.74, 6) is 0. The zero-order valence-corrected chi connectivity index (χ0v) is 23.5. The first-order valence-electron chi connectivity index (χ1n) is 14.8. The topological polar surface area (TPSA) is 43.3 Å². The number of nitrogens with zero attached hydrogens (tertiary/aromatic N) is 3. The molecule has 204 valence electrons. The first-order valence-corrected chi connectivity index (χ1v) is 14.8. The van der Waals surface area contributed by atoms with Crippen LogP contribution in [0.15, 0.2) is 144 Å². The number of aromatic nitrogens is 3. The summed E-state index contributed by atoms with van der Waals surface area (Å²) in [5.41, 5.74) is 9.07. The first kappa shape index (κ1) is 23.6. The van der Waals surface area contributed by atoms with Gasteiger partial charge in [-0.05, 0) is 51.4 Å². The van der Waals surface area contributed by atoms with E-state index in [-0.39, 0.29) is 0 Å². The minimum Gasteiger partial charge on any atom is -0.455 e. The van der Waals surface area contributed by atoms with E-state index in [2.05, 4.69) is 120 Å². The van der Waals surface area contributed by atoms with Gasteiger partial charge in [0.1, 0.15) is 11.2 Å². The van der Waals surface area contributed by atoms with Gasteiger partial charge < -0.3 is 4.42 Å². The van der Waals surface area contributed by atoms with Crippen molar-refractivity contribution in [3.63, 3.8) is 0 Å². The van der Waals surface area contributed by atoms with Crippen molar-refractivity contribution >= 4 is 70.9 Å². The van der Waals surface area contributed by atoms with Crippen molar-refractivity contribution in [1.82, 2.24) is 14.4 Å². The van der Waals surface area contributed by atoms with Crippen molar-refractivity contribution in [2.75, 3.05) is 0 Å². The van der Waals surface area contributed by atoms with Gasteiger partial charge in [-0.15, -0.1) is 0 Å². The number of para-hydroxylation sites is 1. The zero-order valence-electron chi connectivity index (χ0n) is 23.5. The van der Waals surface area contributed by atoms with Crippen LogP contribution in [-0.4, -0.2) is 14.4 Å². The van der Waals surface area contributed by atoms with Gasteiger partial charge in [0, 0.05) is 38.9 Å². The maximum absolute atomic E-state index is 6.26. The fourth-order valence-corrected chi connectivity index (χ4v) is 6.96. The van der Waals surface area contributed by atoms with Crippen molar-refractivity contribution in [2.24, 2.45) is 0 Å². The molecular formula is C40H23N3O. The van der Waals surface area contributed by atoms with Crippen LogP contribution >= 0.6 is 0 Å². The lowest BCUT2D eigenvalue weighted by Crippen LogP contribution is -1.89. The van der Waals surface area contributed by atoms with Gasteiger partial charge in [0.25, 0.3) is 0 Å². The molecule has 0 amide bonds. The molecule has 6 aromatic carbocycles. The van der Waals surface area contributed by atoms with Crippen molar-refractivity contribution < 1.29 is 4.42 Å². The van der Waals surface area contributed by atoms with Crippen molar-refractivity contribution in [3.05, 3.63) is 140 Å². The molecule has 0 N–H and O–H groups in total. The van der Waals surface area contributed by atoms with Crippen LogP contribution in [0.2, 0.25) is 0 Å². The smallest absolute Gasteiger partial charge is 0.152 e. The summed E-state index contributed by atoms with van der Waals surface area (Å²) in [6.45, 7) is 0. The van der Waals surface area contributed by atoms with E-state index in [1.165, 1.54) is 27.1 Å². The predicted octanol–water partition coefficient (Wildman–Crippen LogP) is 10.6. The second-order valence-electron chi connectivity index (χ2n) is 11.5. The molecule has 10 aromatic rings. The van der Waals surface area contributed by atoms with Gasteiger partial charge in [-0.1, -0.05) is 103 Å². The Bertz CT molecular complexity index is 2760. The standard InChI is InChI=1S/C40H23N3O/c1-2-10-27-24(8-1)9-7-14-28(27)26-17-19-35(41-22-26)25-16-18-32-33(20-25)29-11-3-4-13-31(29)39-40(32)43-23-37-34(21-38(43)42-39)30-12-5-6-15-36(30)44-37/h1-23H. The fourth-order valence-electron chi connectivity index (χ4n) is 6.96. The average Bonchev–Trinajstić information content (AvgIpc) is 3.65. The van der Waals surface area contributed by atoms with Crippen molar-refractivity contribution in [3.8, 4) is 22.4 Å². The summed E-state index contributed by atoms with van der Waals surface area (Å²) in [5, 5.41) is 9.30. The van der Waals surface area contributed by atoms with Crippen LogP contribution in [0.3, 0.4) is 0 Å². The van der Waals surface area contributed by atoms with E-state index in [0.29, 0.717) is 0 Å². The number of hydrogen-bond donors (Lipinski definition) is 0. The highest BCUT2D eigenvalue weighted by molar-refractivity contribution is 6.25. The Morgan fingerprint density at radius 2 is 1.30 bits per heavy atom. The second kappa shape index (κ2) is 8.76. The SMILES string of the molecule is c1ccc2c(-c3ccc(-c4ccc5c(c4)c4ccccc4c4nc6cc7c(cn6c54)oc4ccccc47)nc3)cccc2c1. The summed E-state index contributed by atoms with van der Waals surface area (Å²) in [7, 11) is 0. The molecule has 0 atom stereocenters. The molecule has 4 heterocycles. The maximum Gasteiger partial charge on any atom is 0.152 e. The van der Waals surface area contributed by atoms with Gasteiger partial charge in [-0.3, -0.25) is 9.38 Å². The maximum atomic E-state index is 6.26. The third-order valence-corrected chi connectivity index (χ3v) is 9.03. The molecule has 0 bridgehead atoms. The quantitative estimate of drug-likeness (QED) is 0.197. The highest BCUT2D eigenvalue weighted by Crippen LogP contribution is 2.39. The molecule has 44 heavy (non-hydrogen) atoms. The van der Waals surface area contributed by atoms with Crippen molar-refractivity contribution in [2.45, 2.75) is 0 Å². The van der Waals surface area contributed by atoms with Gasteiger partial charge in [-0.2, -0.15) is 0 Å². The van der Waals surface area contributed by atoms with E-state index < -0.39 is 0 Å². The lowest BCUT2D eigenvalue weighted by molar-refractivity contribution is 0.666. The third kappa shape index (κ3) is 3.28. The Balaban J connectivity index is 1.18. The van der Waals surface area contributed by atoms with Crippen LogP contribution in [0.4, 0.5) is 0 Å². The van der Waals surface area contributed by atoms with Crippen LogP contribution < -0.4 is 0 Å². The van der Waals surface area contributed by atoms with E-state index >= 15 is 0 Å². The normalized spacial score (nSPS) is 12.1. The Morgan fingerprint density at radius 1 is 0.523 bits per heavy atom. The molecular weight excluding hydrogens is 538 g/mol.